The standard InChI is InChI=1S/C14H17N3O3S/c1-3-15-12(18)9-21-14-17-16-13(20-14)8-10-4-6-11(19-2)7-5-10/h4-7H,3,8-9H2,1-2H3,(H,15,18). The van der Waals surface area contributed by atoms with E-state index in [2.05, 4.69) is 15.5 Å². The molecule has 0 aliphatic heterocycles. The van der Waals surface area contributed by atoms with Crippen LogP contribution in [0.1, 0.15) is 18.4 Å². The zero-order valence-electron chi connectivity index (χ0n) is 12.0. The Kier molecular flexibility index (Phi) is 5.62. The van der Waals surface area contributed by atoms with Gasteiger partial charge in [-0.1, -0.05) is 23.9 Å². The van der Waals surface area contributed by atoms with Crippen molar-refractivity contribution in [1.29, 1.82) is 0 Å². The van der Waals surface area contributed by atoms with E-state index in [-0.39, 0.29) is 11.7 Å². The number of hydrogen-bond acceptors (Lipinski definition) is 6. The van der Waals surface area contributed by atoms with E-state index < -0.39 is 0 Å². The molecule has 2 aromatic rings. The maximum Gasteiger partial charge on any atom is 0.277 e. The molecular formula is C14H17N3O3S. The van der Waals surface area contributed by atoms with Gasteiger partial charge in [-0.05, 0) is 24.6 Å². The lowest BCUT2D eigenvalue weighted by atomic mass is 10.1. The molecule has 1 amide bonds. The molecule has 112 valence electrons. The molecule has 7 heteroatoms. The minimum atomic E-state index is -0.0441. The van der Waals surface area contributed by atoms with Crippen LogP contribution in [-0.4, -0.2) is 35.5 Å². The molecule has 0 atom stereocenters. The molecule has 0 saturated heterocycles. The minimum absolute atomic E-state index is 0.0441. The second kappa shape index (κ2) is 7.68. The van der Waals surface area contributed by atoms with E-state index in [0.717, 1.165) is 11.3 Å². The second-order valence-electron chi connectivity index (χ2n) is 4.23. The van der Waals surface area contributed by atoms with Gasteiger partial charge in [-0.25, -0.2) is 0 Å². The minimum Gasteiger partial charge on any atom is -0.497 e. The number of nitrogens with zero attached hydrogens (tertiary/aromatic N) is 2. The molecule has 1 aromatic heterocycles. The van der Waals surface area contributed by atoms with Gasteiger partial charge in [-0.3, -0.25) is 4.79 Å². The number of aromatic nitrogens is 2. The lowest BCUT2D eigenvalue weighted by Gasteiger charge is -2.00. The van der Waals surface area contributed by atoms with Gasteiger partial charge in [0.05, 0.1) is 19.3 Å². The van der Waals surface area contributed by atoms with Crippen LogP contribution in [0.25, 0.3) is 0 Å². The van der Waals surface area contributed by atoms with Crippen molar-refractivity contribution in [1.82, 2.24) is 15.5 Å². The van der Waals surface area contributed by atoms with Crippen molar-refractivity contribution >= 4 is 17.7 Å². The van der Waals surface area contributed by atoms with Crippen LogP contribution in [0.2, 0.25) is 0 Å². The van der Waals surface area contributed by atoms with Crippen LogP contribution in [0.5, 0.6) is 5.75 Å². The first-order valence-electron chi connectivity index (χ1n) is 6.56. The lowest BCUT2D eigenvalue weighted by Crippen LogP contribution is -2.24. The summed E-state index contributed by atoms with van der Waals surface area (Å²) in [6.07, 6.45) is 0.554. The molecule has 0 bridgehead atoms. The summed E-state index contributed by atoms with van der Waals surface area (Å²) in [6.45, 7) is 2.49. The quantitative estimate of drug-likeness (QED) is 0.787. The molecule has 21 heavy (non-hydrogen) atoms. The Morgan fingerprint density at radius 2 is 2.10 bits per heavy atom. The number of carbonyl (C=O) groups is 1. The maximum absolute atomic E-state index is 11.3. The highest BCUT2D eigenvalue weighted by Gasteiger charge is 2.09. The molecule has 0 radical (unpaired) electrons. The molecule has 0 spiro atoms. The van der Waals surface area contributed by atoms with E-state index in [0.29, 0.717) is 24.1 Å². The fraction of sp³-hybridized carbons (Fsp3) is 0.357. The van der Waals surface area contributed by atoms with Gasteiger partial charge in [0.15, 0.2) is 0 Å². The fourth-order valence-electron chi connectivity index (χ4n) is 1.66. The van der Waals surface area contributed by atoms with Crippen LogP contribution in [0.15, 0.2) is 33.9 Å². The van der Waals surface area contributed by atoms with Gasteiger partial charge < -0.3 is 14.5 Å². The molecule has 1 aromatic carbocycles. The molecule has 0 unspecified atom stereocenters. The number of nitrogens with one attached hydrogen (secondary N) is 1. The molecule has 1 N–H and O–H groups in total. The lowest BCUT2D eigenvalue weighted by molar-refractivity contribution is -0.118. The van der Waals surface area contributed by atoms with Crippen molar-refractivity contribution in [3.8, 4) is 5.75 Å². The molecule has 0 aliphatic rings. The van der Waals surface area contributed by atoms with Gasteiger partial charge in [-0.15, -0.1) is 10.2 Å². The number of rotatable bonds is 7. The van der Waals surface area contributed by atoms with E-state index in [1.807, 2.05) is 31.2 Å². The normalized spacial score (nSPS) is 10.4. The number of thioether (sulfide) groups is 1. The van der Waals surface area contributed by atoms with Crippen LogP contribution in [0.4, 0.5) is 0 Å². The van der Waals surface area contributed by atoms with Crippen molar-refractivity contribution in [2.24, 2.45) is 0 Å². The predicted octanol–water partition coefficient (Wildman–Crippen LogP) is 1.90. The van der Waals surface area contributed by atoms with Gasteiger partial charge in [0.25, 0.3) is 5.22 Å². The van der Waals surface area contributed by atoms with Crippen molar-refractivity contribution in [3.63, 3.8) is 0 Å². The fourth-order valence-corrected chi connectivity index (χ4v) is 2.27. The third-order valence-electron chi connectivity index (χ3n) is 2.66. The number of hydrogen-bond donors (Lipinski definition) is 1. The van der Waals surface area contributed by atoms with E-state index in [4.69, 9.17) is 9.15 Å². The molecule has 2 rings (SSSR count). The van der Waals surface area contributed by atoms with Crippen molar-refractivity contribution in [2.45, 2.75) is 18.6 Å². The van der Waals surface area contributed by atoms with Crippen LogP contribution in [-0.2, 0) is 11.2 Å². The van der Waals surface area contributed by atoms with Gasteiger partial charge >= 0.3 is 0 Å². The predicted molar refractivity (Wildman–Crippen MR) is 79.5 cm³/mol. The summed E-state index contributed by atoms with van der Waals surface area (Å²) < 4.78 is 10.6. The van der Waals surface area contributed by atoms with Crippen molar-refractivity contribution in [3.05, 3.63) is 35.7 Å². The molecule has 0 fully saturated rings. The van der Waals surface area contributed by atoms with Gasteiger partial charge in [0, 0.05) is 6.54 Å². The van der Waals surface area contributed by atoms with Crippen molar-refractivity contribution in [2.75, 3.05) is 19.4 Å². The van der Waals surface area contributed by atoms with Gasteiger partial charge in [-0.2, -0.15) is 0 Å². The monoisotopic (exact) mass is 307 g/mol. The first-order valence-corrected chi connectivity index (χ1v) is 7.54. The number of benzene rings is 1. The Bertz CT molecular complexity index is 583. The Balaban J connectivity index is 1.88. The zero-order valence-corrected chi connectivity index (χ0v) is 12.8. The average molecular weight is 307 g/mol. The Morgan fingerprint density at radius 3 is 2.76 bits per heavy atom. The summed E-state index contributed by atoms with van der Waals surface area (Å²) in [5.74, 6) is 1.57. The molecule has 6 nitrogen and oxygen atoms in total. The largest absolute Gasteiger partial charge is 0.497 e. The highest BCUT2D eigenvalue weighted by Crippen LogP contribution is 2.18. The van der Waals surface area contributed by atoms with E-state index >= 15 is 0 Å². The Morgan fingerprint density at radius 1 is 1.33 bits per heavy atom. The highest BCUT2D eigenvalue weighted by atomic mass is 32.2. The second-order valence-corrected chi connectivity index (χ2v) is 5.16. The van der Waals surface area contributed by atoms with Crippen LogP contribution < -0.4 is 10.1 Å². The van der Waals surface area contributed by atoms with Crippen LogP contribution in [0, 0.1) is 0 Å². The summed E-state index contributed by atoms with van der Waals surface area (Å²) in [4.78, 5) is 11.3. The van der Waals surface area contributed by atoms with E-state index in [1.54, 1.807) is 7.11 Å². The summed E-state index contributed by atoms with van der Waals surface area (Å²) in [6, 6.07) is 7.67. The first-order chi connectivity index (χ1) is 10.2. The van der Waals surface area contributed by atoms with Gasteiger partial charge in [0.2, 0.25) is 11.8 Å². The summed E-state index contributed by atoms with van der Waals surface area (Å²) in [5, 5.41) is 11.0. The average Bonchev–Trinajstić information content (AvgIpc) is 2.94. The molecular weight excluding hydrogens is 290 g/mol. The summed E-state index contributed by atoms with van der Waals surface area (Å²) in [5.41, 5.74) is 1.06. The van der Waals surface area contributed by atoms with Crippen LogP contribution >= 0.6 is 11.8 Å². The third-order valence-corrected chi connectivity index (χ3v) is 3.48. The van der Waals surface area contributed by atoms with Crippen LogP contribution in [0.3, 0.4) is 0 Å². The molecule has 1 heterocycles. The van der Waals surface area contributed by atoms with E-state index in [1.165, 1.54) is 11.8 Å². The summed E-state index contributed by atoms with van der Waals surface area (Å²) >= 11 is 1.23. The number of amides is 1. The number of ether oxygens (including phenoxy) is 1. The zero-order chi connectivity index (χ0) is 15.1. The highest BCUT2D eigenvalue weighted by molar-refractivity contribution is 7.99. The smallest absolute Gasteiger partial charge is 0.277 e. The first kappa shape index (κ1) is 15.4. The SMILES string of the molecule is CCNC(=O)CSc1nnc(Cc2ccc(OC)cc2)o1. The Labute approximate surface area is 127 Å². The van der Waals surface area contributed by atoms with E-state index in [9.17, 15) is 4.79 Å². The number of methoxy groups -OCH3 is 1. The molecule has 0 aliphatic carbocycles. The van der Waals surface area contributed by atoms with Crippen molar-refractivity contribution < 1.29 is 13.9 Å². The summed E-state index contributed by atoms with van der Waals surface area (Å²) in [7, 11) is 1.63. The topological polar surface area (TPSA) is 77.2 Å². The maximum atomic E-state index is 11.3. The van der Waals surface area contributed by atoms with Gasteiger partial charge in [0.1, 0.15) is 5.75 Å². The molecule has 0 saturated carbocycles. The number of carbonyl (C=O) groups excluding carboxylic acids is 1. The Hall–Kier alpha value is -2.02. The third kappa shape index (κ3) is 4.78.